The third kappa shape index (κ3) is 7.09. The normalized spacial score (nSPS) is 17.8. The van der Waals surface area contributed by atoms with E-state index in [2.05, 4.69) is 17.4 Å². The first-order valence-corrected chi connectivity index (χ1v) is 13.8. The summed E-state index contributed by atoms with van der Waals surface area (Å²) in [5.74, 6) is 0.488. The van der Waals surface area contributed by atoms with E-state index in [4.69, 9.17) is 4.99 Å². The monoisotopic (exact) mass is 514 g/mol. The first-order chi connectivity index (χ1) is 18.7. The van der Waals surface area contributed by atoms with Gasteiger partial charge >= 0.3 is 6.03 Å². The Balaban J connectivity index is 0.000000791. The highest BCUT2D eigenvalue weighted by Gasteiger charge is 2.44. The van der Waals surface area contributed by atoms with Crippen molar-refractivity contribution < 1.29 is 9.59 Å². The van der Waals surface area contributed by atoms with Crippen LogP contribution in [0.15, 0.2) is 96.0 Å². The van der Waals surface area contributed by atoms with E-state index >= 15 is 0 Å². The Morgan fingerprint density at radius 3 is 1.79 bits per heavy atom. The molecule has 0 spiro atoms. The molecule has 3 aromatic rings. The molecule has 3 amide bonds. The predicted molar refractivity (Wildman–Crippen MR) is 157 cm³/mol. The van der Waals surface area contributed by atoms with Crippen LogP contribution in [0, 0.1) is 0 Å². The molecule has 202 valence electrons. The summed E-state index contributed by atoms with van der Waals surface area (Å²) in [7, 11) is 0. The molecule has 5 rings (SSSR count). The molecule has 0 radical (unpaired) electrons. The Morgan fingerprint density at radius 1 is 0.763 bits per heavy atom. The van der Waals surface area contributed by atoms with Crippen molar-refractivity contribution in [3.05, 3.63) is 108 Å². The fourth-order valence-electron chi connectivity index (χ4n) is 4.39. The van der Waals surface area contributed by atoms with Gasteiger partial charge in [0.1, 0.15) is 18.4 Å². The number of urea groups is 1. The molecule has 0 aliphatic carbocycles. The number of amidine groups is 1. The Labute approximate surface area is 228 Å². The van der Waals surface area contributed by atoms with Crippen molar-refractivity contribution in [3.8, 4) is 0 Å². The molecule has 0 aromatic heterocycles. The van der Waals surface area contributed by atoms with E-state index in [9.17, 15) is 9.59 Å². The number of piperazine rings is 1. The average Bonchev–Trinajstić information content (AvgIpc) is 3.42. The van der Waals surface area contributed by atoms with Crippen LogP contribution in [0.25, 0.3) is 0 Å². The van der Waals surface area contributed by atoms with Crippen LogP contribution in [0.4, 0.5) is 4.79 Å². The van der Waals surface area contributed by atoms with Gasteiger partial charge in [-0.1, -0.05) is 133 Å². The summed E-state index contributed by atoms with van der Waals surface area (Å²) in [5.41, 5.74) is 2.92. The van der Waals surface area contributed by atoms with Crippen molar-refractivity contribution in [2.24, 2.45) is 4.99 Å². The van der Waals surface area contributed by atoms with Gasteiger partial charge in [0.05, 0.1) is 6.04 Å². The fraction of sp³-hybridized carbons (Fsp3) is 0.344. The Hall–Kier alpha value is -3.93. The summed E-state index contributed by atoms with van der Waals surface area (Å²) in [6.45, 7) is 13.0. The number of amides is 3. The van der Waals surface area contributed by atoms with Crippen molar-refractivity contribution in [3.63, 3.8) is 0 Å². The second-order valence-electron chi connectivity index (χ2n) is 7.95. The molecular formula is C32H42N4O2. The van der Waals surface area contributed by atoms with Gasteiger partial charge in [0.15, 0.2) is 0 Å². The summed E-state index contributed by atoms with van der Waals surface area (Å²) < 4.78 is 0. The molecule has 2 aliphatic rings. The van der Waals surface area contributed by atoms with Crippen LogP contribution in [-0.2, 0) is 4.79 Å². The van der Waals surface area contributed by atoms with Gasteiger partial charge in [-0.25, -0.2) is 4.79 Å². The minimum absolute atomic E-state index is 0.0505. The van der Waals surface area contributed by atoms with Gasteiger partial charge in [0, 0.05) is 18.7 Å². The van der Waals surface area contributed by atoms with Gasteiger partial charge in [0.25, 0.3) is 0 Å². The molecule has 1 saturated heterocycles. The maximum Gasteiger partial charge on any atom is 0.326 e. The highest BCUT2D eigenvalue weighted by Crippen LogP contribution is 2.43. The van der Waals surface area contributed by atoms with Crippen LogP contribution < -0.4 is 5.32 Å². The lowest BCUT2D eigenvalue weighted by Crippen LogP contribution is -2.55. The quantitative estimate of drug-likeness (QED) is 0.415. The van der Waals surface area contributed by atoms with Crippen molar-refractivity contribution >= 4 is 17.8 Å². The third-order valence-corrected chi connectivity index (χ3v) is 5.90. The van der Waals surface area contributed by atoms with Gasteiger partial charge in [-0.15, -0.1) is 0 Å². The molecule has 1 N–H and O–H groups in total. The molecule has 0 bridgehead atoms. The second-order valence-corrected chi connectivity index (χ2v) is 7.95. The van der Waals surface area contributed by atoms with Crippen LogP contribution in [0.1, 0.15) is 70.3 Å². The fourth-order valence-corrected chi connectivity index (χ4v) is 4.39. The Morgan fingerprint density at radius 2 is 1.26 bits per heavy atom. The van der Waals surface area contributed by atoms with Crippen molar-refractivity contribution in [2.75, 3.05) is 19.6 Å². The molecule has 6 heteroatoms. The topological polar surface area (TPSA) is 65.0 Å². The van der Waals surface area contributed by atoms with E-state index in [0.29, 0.717) is 18.9 Å². The first kappa shape index (κ1) is 30.3. The second kappa shape index (κ2) is 16.0. The molecule has 2 aliphatic heterocycles. The molecule has 2 heterocycles. The van der Waals surface area contributed by atoms with Gasteiger partial charge < -0.3 is 10.2 Å². The maximum absolute atomic E-state index is 13.9. The maximum atomic E-state index is 13.9. The summed E-state index contributed by atoms with van der Waals surface area (Å²) in [6.07, 6.45) is 0. The van der Waals surface area contributed by atoms with Crippen molar-refractivity contribution in [1.82, 2.24) is 15.1 Å². The molecule has 0 saturated carbocycles. The number of nitrogens with one attached hydrogen (secondary N) is 1. The molecule has 2 atom stereocenters. The first-order valence-electron chi connectivity index (χ1n) is 13.8. The summed E-state index contributed by atoms with van der Waals surface area (Å²) in [6, 6.07) is 29.1. The third-order valence-electron chi connectivity index (χ3n) is 5.90. The SMILES string of the molecule is CC.CC.CC.O=C1CN(C(=O)N2C(c3ccccc3)=NC(c3ccccc3)C2c2ccccc2)CCN1. The van der Waals surface area contributed by atoms with Crippen molar-refractivity contribution in [2.45, 2.75) is 53.6 Å². The number of carbonyl (C=O) groups is 2. The van der Waals surface area contributed by atoms with E-state index in [1.807, 2.05) is 120 Å². The Kier molecular flexibility index (Phi) is 12.8. The number of aliphatic imine (C=N–C) groups is 1. The summed E-state index contributed by atoms with van der Waals surface area (Å²) in [5, 5.41) is 2.80. The lowest BCUT2D eigenvalue weighted by Gasteiger charge is -2.35. The summed E-state index contributed by atoms with van der Waals surface area (Å²) in [4.78, 5) is 34.4. The predicted octanol–water partition coefficient (Wildman–Crippen LogP) is 6.86. The zero-order valence-electron chi connectivity index (χ0n) is 23.6. The van der Waals surface area contributed by atoms with Gasteiger partial charge in [-0.2, -0.15) is 0 Å². The largest absolute Gasteiger partial charge is 0.353 e. The standard InChI is InChI=1S/C26H24N4O2.3C2H6/c31-22-18-29(17-16-27-22)26(32)30-24(20-12-6-2-7-13-20)23(19-10-4-1-5-11-19)28-25(30)21-14-8-3-9-15-21;3*1-2/h1-15,23-24H,16-18H2,(H,27,31);3*1-2H3. The molecule has 2 unspecified atom stereocenters. The number of hydrogen-bond acceptors (Lipinski definition) is 3. The van der Waals surface area contributed by atoms with Crippen LogP contribution in [0.5, 0.6) is 0 Å². The molecule has 1 fully saturated rings. The number of benzene rings is 3. The van der Waals surface area contributed by atoms with Crippen LogP contribution in [0.2, 0.25) is 0 Å². The van der Waals surface area contributed by atoms with Gasteiger partial charge in [-0.05, 0) is 11.1 Å². The smallest absolute Gasteiger partial charge is 0.326 e. The minimum atomic E-state index is -0.314. The van der Waals surface area contributed by atoms with Crippen LogP contribution in [0.3, 0.4) is 0 Å². The van der Waals surface area contributed by atoms with Gasteiger partial charge in [-0.3, -0.25) is 14.7 Å². The highest BCUT2D eigenvalue weighted by atomic mass is 16.2. The van der Waals surface area contributed by atoms with E-state index in [1.54, 1.807) is 9.80 Å². The van der Waals surface area contributed by atoms with E-state index in [1.165, 1.54) is 0 Å². The van der Waals surface area contributed by atoms with E-state index in [-0.39, 0.29) is 30.6 Å². The molecule has 38 heavy (non-hydrogen) atoms. The van der Waals surface area contributed by atoms with Crippen LogP contribution in [-0.4, -0.2) is 47.2 Å². The Bertz CT molecular complexity index is 1130. The summed E-state index contributed by atoms with van der Waals surface area (Å²) >= 11 is 0. The number of hydrogen-bond donors (Lipinski definition) is 1. The zero-order chi connectivity index (χ0) is 27.9. The zero-order valence-corrected chi connectivity index (χ0v) is 23.6. The number of carbonyl (C=O) groups excluding carboxylic acids is 2. The number of nitrogens with zero attached hydrogens (tertiary/aromatic N) is 3. The minimum Gasteiger partial charge on any atom is -0.353 e. The van der Waals surface area contributed by atoms with Crippen molar-refractivity contribution in [1.29, 1.82) is 0 Å². The van der Waals surface area contributed by atoms with Crippen LogP contribution >= 0.6 is 0 Å². The highest BCUT2D eigenvalue weighted by molar-refractivity contribution is 6.09. The number of rotatable bonds is 3. The van der Waals surface area contributed by atoms with E-state index < -0.39 is 0 Å². The lowest BCUT2D eigenvalue weighted by atomic mass is 9.94. The average molecular weight is 515 g/mol. The molecular weight excluding hydrogens is 472 g/mol. The molecule has 3 aromatic carbocycles. The van der Waals surface area contributed by atoms with Gasteiger partial charge in [0.2, 0.25) is 5.91 Å². The van der Waals surface area contributed by atoms with E-state index in [0.717, 1.165) is 16.7 Å². The molecule has 6 nitrogen and oxygen atoms in total. The lowest BCUT2D eigenvalue weighted by molar-refractivity contribution is -0.123.